The number of methoxy groups -OCH3 is 1. The maximum Gasteiger partial charge on any atom is 0.223 e. The standard InChI is InChI=1S/C15H27N3O2/c1-13(14-5-6-14)18(11-12-20-3)10-7-15(19)17(2)9-4-8-16/h13-14H,4-7,9-12H2,1-3H3. The molecule has 0 N–H and O–H groups in total. The highest BCUT2D eigenvalue weighted by Gasteiger charge is 2.31. The maximum absolute atomic E-state index is 12.0. The molecule has 5 heteroatoms. The fourth-order valence-corrected chi connectivity index (χ4v) is 2.38. The summed E-state index contributed by atoms with van der Waals surface area (Å²) in [7, 11) is 3.48. The molecule has 1 saturated carbocycles. The lowest BCUT2D eigenvalue weighted by molar-refractivity contribution is -0.130. The predicted octanol–water partition coefficient (Wildman–Crippen LogP) is 1.50. The minimum absolute atomic E-state index is 0.116. The Bertz CT molecular complexity index is 337. The zero-order valence-corrected chi connectivity index (χ0v) is 13.0. The lowest BCUT2D eigenvalue weighted by atomic mass is 10.1. The van der Waals surface area contributed by atoms with Crippen LogP contribution in [0.2, 0.25) is 0 Å². The second-order valence-electron chi connectivity index (χ2n) is 5.58. The van der Waals surface area contributed by atoms with Gasteiger partial charge in [0, 0.05) is 46.3 Å². The second-order valence-corrected chi connectivity index (χ2v) is 5.58. The van der Waals surface area contributed by atoms with E-state index >= 15 is 0 Å². The Kier molecular flexibility index (Phi) is 7.56. The van der Waals surface area contributed by atoms with E-state index in [9.17, 15) is 4.79 Å². The number of nitrogens with zero attached hydrogens (tertiary/aromatic N) is 3. The molecule has 1 unspecified atom stereocenters. The molecule has 0 aromatic rings. The van der Waals surface area contributed by atoms with Gasteiger partial charge in [-0.3, -0.25) is 9.69 Å². The van der Waals surface area contributed by atoms with Crippen molar-refractivity contribution in [3.8, 4) is 6.07 Å². The molecule has 1 atom stereocenters. The van der Waals surface area contributed by atoms with E-state index in [-0.39, 0.29) is 5.91 Å². The summed E-state index contributed by atoms with van der Waals surface area (Å²) in [5, 5.41) is 8.54. The van der Waals surface area contributed by atoms with E-state index in [4.69, 9.17) is 10.00 Å². The van der Waals surface area contributed by atoms with E-state index in [1.165, 1.54) is 12.8 Å². The van der Waals surface area contributed by atoms with Gasteiger partial charge in [-0.15, -0.1) is 0 Å². The fraction of sp³-hybridized carbons (Fsp3) is 0.867. The lowest BCUT2D eigenvalue weighted by Crippen LogP contribution is -2.40. The summed E-state index contributed by atoms with van der Waals surface area (Å²) < 4.78 is 5.16. The van der Waals surface area contributed by atoms with Crippen LogP contribution in [0.25, 0.3) is 0 Å². The van der Waals surface area contributed by atoms with Gasteiger partial charge in [-0.2, -0.15) is 5.26 Å². The minimum Gasteiger partial charge on any atom is -0.383 e. The van der Waals surface area contributed by atoms with Crippen LogP contribution in [0.5, 0.6) is 0 Å². The number of amides is 1. The molecule has 114 valence electrons. The second kappa shape index (κ2) is 8.93. The van der Waals surface area contributed by atoms with E-state index < -0.39 is 0 Å². The number of carbonyl (C=O) groups is 1. The highest BCUT2D eigenvalue weighted by molar-refractivity contribution is 5.76. The number of ether oxygens (including phenoxy) is 1. The van der Waals surface area contributed by atoms with Gasteiger partial charge >= 0.3 is 0 Å². The van der Waals surface area contributed by atoms with Crippen molar-refractivity contribution in [1.29, 1.82) is 5.26 Å². The Hall–Kier alpha value is -1.12. The third kappa shape index (κ3) is 5.89. The first-order chi connectivity index (χ1) is 9.60. The summed E-state index contributed by atoms with van der Waals surface area (Å²) in [6.45, 7) is 5.12. The molecule has 20 heavy (non-hydrogen) atoms. The summed E-state index contributed by atoms with van der Waals surface area (Å²) in [4.78, 5) is 16.0. The molecule has 0 saturated heterocycles. The third-order valence-electron chi connectivity index (χ3n) is 4.06. The zero-order chi connectivity index (χ0) is 15.0. The van der Waals surface area contributed by atoms with Gasteiger partial charge < -0.3 is 9.64 Å². The summed E-state index contributed by atoms with van der Waals surface area (Å²) in [6.07, 6.45) is 3.53. The number of nitriles is 1. The highest BCUT2D eigenvalue weighted by atomic mass is 16.5. The Balaban J connectivity index is 2.36. The van der Waals surface area contributed by atoms with Gasteiger partial charge in [0.15, 0.2) is 0 Å². The van der Waals surface area contributed by atoms with E-state index in [0.717, 1.165) is 19.0 Å². The van der Waals surface area contributed by atoms with Crippen molar-refractivity contribution < 1.29 is 9.53 Å². The normalized spacial score (nSPS) is 15.9. The number of rotatable bonds is 10. The van der Waals surface area contributed by atoms with Crippen LogP contribution in [0.15, 0.2) is 0 Å². The predicted molar refractivity (Wildman–Crippen MR) is 78.1 cm³/mol. The maximum atomic E-state index is 12.0. The van der Waals surface area contributed by atoms with Crippen molar-refractivity contribution in [2.45, 2.75) is 38.6 Å². The number of carbonyl (C=O) groups excluding carboxylic acids is 1. The first-order valence-corrected chi connectivity index (χ1v) is 7.44. The van der Waals surface area contributed by atoms with E-state index in [2.05, 4.69) is 17.9 Å². The molecule has 1 rings (SSSR count). The Morgan fingerprint density at radius 3 is 2.65 bits per heavy atom. The van der Waals surface area contributed by atoms with Crippen LogP contribution in [0.4, 0.5) is 0 Å². The monoisotopic (exact) mass is 281 g/mol. The molecule has 1 aliphatic rings. The molecule has 0 bridgehead atoms. The average Bonchev–Trinajstić information content (AvgIpc) is 3.28. The lowest BCUT2D eigenvalue weighted by Gasteiger charge is -2.29. The Morgan fingerprint density at radius 1 is 1.40 bits per heavy atom. The third-order valence-corrected chi connectivity index (χ3v) is 4.06. The molecule has 0 aliphatic heterocycles. The molecule has 0 aromatic heterocycles. The quantitative estimate of drug-likeness (QED) is 0.609. The Morgan fingerprint density at radius 2 is 2.10 bits per heavy atom. The van der Waals surface area contributed by atoms with Gasteiger partial charge in [0.25, 0.3) is 0 Å². The van der Waals surface area contributed by atoms with Gasteiger partial charge in [-0.25, -0.2) is 0 Å². The van der Waals surface area contributed by atoms with Gasteiger partial charge in [0.05, 0.1) is 19.1 Å². The van der Waals surface area contributed by atoms with Gasteiger partial charge in [-0.05, 0) is 25.7 Å². The van der Waals surface area contributed by atoms with Gasteiger partial charge in [0.2, 0.25) is 5.91 Å². The zero-order valence-electron chi connectivity index (χ0n) is 13.0. The van der Waals surface area contributed by atoms with Crippen molar-refractivity contribution in [2.24, 2.45) is 5.92 Å². The molecule has 0 spiro atoms. The first kappa shape index (κ1) is 16.9. The van der Waals surface area contributed by atoms with E-state index in [1.54, 1.807) is 19.1 Å². The SMILES string of the molecule is COCCN(CCC(=O)N(C)CCC#N)C(C)C1CC1. The van der Waals surface area contributed by atoms with E-state index in [1.807, 2.05) is 0 Å². The van der Waals surface area contributed by atoms with Crippen molar-refractivity contribution in [1.82, 2.24) is 9.80 Å². The Labute approximate surface area is 122 Å². The largest absolute Gasteiger partial charge is 0.383 e. The molecule has 1 amide bonds. The molecule has 1 aliphatic carbocycles. The topological polar surface area (TPSA) is 56.6 Å². The van der Waals surface area contributed by atoms with Crippen molar-refractivity contribution in [3.63, 3.8) is 0 Å². The van der Waals surface area contributed by atoms with Crippen molar-refractivity contribution in [3.05, 3.63) is 0 Å². The summed E-state index contributed by atoms with van der Waals surface area (Å²) >= 11 is 0. The number of hydrogen-bond acceptors (Lipinski definition) is 4. The number of hydrogen-bond donors (Lipinski definition) is 0. The summed E-state index contributed by atoms with van der Waals surface area (Å²) in [6, 6.07) is 2.60. The van der Waals surface area contributed by atoms with Crippen LogP contribution in [-0.2, 0) is 9.53 Å². The smallest absolute Gasteiger partial charge is 0.223 e. The summed E-state index contributed by atoms with van der Waals surface area (Å²) in [5.74, 6) is 0.906. The molecule has 5 nitrogen and oxygen atoms in total. The minimum atomic E-state index is 0.116. The molecular formula is C15H27N3O2. The van der Waals surface area contributed by atoms with Crippen LogP contribution in [0.3, 0.4) is 0 Å². The van der Waals surface area contributed by atoms with Crippen LogP contribution >= 0.6 is 0 Å². The van der Waals surface area contributed by atoms with Crippen LogP contribution < -0.4 is 0 Å². The fourth-order valence-electron chi connectivity index (χ4n) is 2.38. The van der Waals surface area contributed by atoms with Gasteiger partial charge in [-0.1, -0.05) is 0 Å². The highest BCUT2D eigenvalue weighted by Crippen LogP contribution is 2.35. The molecule has 0 aromatic carbocycles. The molecule has 1 fully saturated rings. The molecule has 0 heterocycles. The van der Waals surface area contributed by atoms with E-state index in [0.29, 0.717) is 32.0 Å². The molecular weight excluding hydrogens is 254 g/mol. The first-order valence-electron chi connectivity index (χ1n) is 7.44. The summed E-state index contributed by atoms with van der Waals surface area (Å²) in [5.41, 5.74) is 0. The van der Waals surface area contributed by atoms with Crippen LogP contribution in [0, 0.1) is 17.2 Å². The molecule has 0 radical (unpaired) electrons. The van der Waals surface area contributed by atoms with Crippen molar-refractivity contribution >= 4 is 5.91 Å². The van der Waals surface area contributed by atoms with Crippen LogP contribution in [0.1, 0.15) is 32.6 Å². The average molecular weight is 281 g/mol. The van der Waals surface area contributed by atoms with Gasteiger partial charge in [0.1, 0.15) is 0 Å². The van der Waals surface area contributed by atoms with Crippen molar-refractivity contribution in [2.75, 3.05) is 40.4 Å². The van der Waals surface area contributed by atoms with Crippen LogP contribution in [-0.4, -0.2) is 62.1 Å².